The molecule has 0 N–H and O–H groups in total. The quantitative estimate of drug-likeness (QED) is 0.474. The lowest BCUT2D eigenvalue weighted by Gasteiger charge is -2.15. The number of carbonyl (C=O) groups excluding carboxylic acids is 1. The number of ether oxygens (including phenoxy) is 3. The summed E-state index contributed by atoms with van der Waals surface area (Å²) >= 11 is 3.41. The van der Waals surface area contributed by atoms with Crippen molar-refractivity contribution in [2.24, 2.45) is 0 Å². The van der Waals surface area contributed by atoms with Crippen LogP contribution in [0, 0.1) is 0 Å². The topological polar surface area (TPSA) is 44.8 Å². The van der Waals surface area contributed by atoms with Crippen molar-refractivity contribution < 1.29 is 19.0 Å². The van der Waals surface area contributed by atoms with Gasteiger partial charge < -0.3 is 14.2 Å². The Labute approximate surface area is 166 Å². The Balaban J connectivity index is 1.85. The van der Waals surface area contributed by atoms with Crippen molar-refractivity contribution in [2.45, 2.75) is 13.2 Å². The summed E-state index contributed by atoms with van der Waals surface area (Å²) in [5, 5.41) is 0. The van der Waals surface area contributed by atoms with Crippen molar-refractivity contribution in [1.82, 2.24) is 0 Å². The van der Waals surface area contributed by atoms with Crippen LogP contribution in [0.3, 0.4) is 0 Å². The highest BCUT2D eigenvalue weighted by Gasteiger charge is 2.17. The van der Waals surface area contributed by atoms with Crippen LogP contribution in [0.5, 0.6) is 11.5 Å². The molecule has 0 radical (unpaired) electrons. The van der Waals surface area contributed by atoms with E-state index in [9.17, 15) is 4.79 Å². The largest absolute Gasteiger partial charge is 0.485 e. The van der Waals surface area contributed by atoms with Gasteiger partial charge in [-0.05, 0) is 39.2 Å². The fourth-order valence-electron chi connectivity index (χ4n) is 2.50. The molecule has 27 heavy (non-hydrogen) atoms. The van der Waals surface area contributed by atoms with Crippen molar-refractivity contribution in [3.8, 4) is 11.5 Å². The van der Waals surface area contributed by atoms with Crippen LogP contribution in [0.4, 0.5) is 0 Å². The summed E-state index contributed by atoms with van der Waals surface area (Å²) in [6, 6.07) is 23.0. The van der Waals surface area contributed by atoms with Gasteiger partial charge in [-0.25, -0.2) is 4.79 Å². The lowest BCUT2D eigenvalue weighted by atomic mass is 10.2. The first-order valence-electron chi connectivity index (χ1n) is 8.42. The molecule has 0 aromatic heterocycles. The molecule has 3 rings (SSSR count). The number of hydrogen-bond acceptors (Lipinski definition) is 4. The van der Waals surface area contributed by atoms with Crippen LogP contribution in [0.1, 0.15) is 21.5 Å². The molecular formula is C22H19BrO4. The predicted octanol–water partition coefficient (Wildman–Crippen LogP) is 5.39. The molecule has 0 spiro atoms. The number of hydrogen-bond donors (Lipinski definition) is 0. The van der Waals surface area contributed by atoms with Crippen molar-refractivity contribution in [1.29, 1.82) is 0 Å². The van der Waals surface area contributed by atoms with E-state index in [1.807, 2.05) is 60.7 Å². The zero-order valence-corrected chi connectivity index (χ0v) is 16.4. The van der Waals surface area contributed by atoms with Crippen LogP contribution >= 0.6 is 15.9 Å². The molecule has 138 valence electrons. The van der Waals surface area contributed by atoms with Gasteiger partial charge >= 0.3 is 5.97 Å². The second kappa shape index (κ2) is 9.24. The summed E-state index contributed by atoms with van der Waals surface area (Å²) in [5.41, 5.74) is 2.45. The Morgan fingerprint density at radius 2 is 1.30 bits per heavy atom. The maximum Gasteiger partial charge on any atom is 0.339 e. The van der Waals surface area contributed by atoms with E-state index in [1.165, 1.54) is 7.11 Å². The Hall–Kier alpha value is -2.79. The van der Waals surface area contributed by atoms with Gasteiger partial charge in [0.25, 0.3) is 0 Å². The highest BCUT2D eigenvalue weighted by molar-refractivity contribution is 9.10. The molecule has 0 aliphatic heterocycles. The molecule has 3 aromatic carbocycles. The van der Waals surface area contributed by atoms with Crippen LogP contribution in [0.2, 0.25) is 0 Å². The first-order chi connectivity index (χ1) is 13.2. The van der Waals surface area contributed by atoms with Crippen molar-refractivity contribution in [3.63, 3.8) is 0 Å². The van der Waals surface area contributed by atoms with Crippen molar-refractivity contribution in [2.75, 3.05) is 7.11 Å². The minimum Gasteiger partial charge on any atom is -0.485 e. The normalized spacial score (nSPS) is 10.3. The Morgan fingerprint density at radius 3 is 1.78 bits per heavy atom. The summed E-state index contributed by atoms with van der Waals surface area (Å²) in [6.45, 7) is 0.761. The van der Waals surface area contributed by atoms with Gasteiger partial charge in [0, 0.05) is 4.47 Å². The Bertz CT molecular complexity index is 895. The SMILES string of the molecule is COC(=O)c1cc(OCc2ccccc2)c(OCc2ccccc2)cc1Br. The van der Waals surface area contributed by atoms with Crippen LogP contribution in [0.25, 0.3) is 0 Å². The van der Waals surface area contributed by atoms with Gasteiger partial charge in [-0.15, -0.1) is 0 Å². The third-order valence-electron chi connectivity index (χ3n) is 3.91. The molecule has 3 aromatic rings. The Kier molecular flexibility index (Phi) is 6.49. The van der Waals surface area contributed by atoms with Gasteiger partial charge in [0.15, 0.2) is 11.5 Å². The molecule has 0 aliphatic carbocycles. The summed E-state index contributed by atoms with van der Waals surface area (Å²) in [7, 11) is 1.35. The third kappa shape index (κ3) is 5.11. The molecule has 5 heteroatoms. The fraction of sp³-hybridized carbons (Fsp3) is 0.136. The molecule has 0 bridgehead atoms. The zero-order chi connectivity index (χ0) is 19.1. The molecule has 0 amide bonds. The van der Waals surface area contributed by atoms with Gasteiger partial charge in [-0.3, -0.25) is 0 Å². The number of rotatable bonds is 7. The second-order valence-electron chi connectivity index (χ2n) is 5.82. The molecule has 0 aliphatic rings. The van der Waals surface area contributed by atoms with Gasteiger partial charge in [0.2, 0.25) is 0 Å². The average molecular weight is 427 g/mol. The summed E-state index contributed by atoms with van der Waals surface area (Å²) in [5.74, 6) is 0.591. The van der Waals surface area contributed by atoms with E-state index in [1.54, 1.807) is 12.1 Å². The fourth-order valence-corrected chi connectivity index (χ4v) is 2.98. The molecular weight excluding hydrogens is 408 g/mol. The molecule has 0 saturated heterocycles. The minimum absolute atomic E-state index is 0.366. The van der Waals surface area contributed by atoms with Gasteiger partial charge in [0.05, 0.1) is 12.7 Å². The van der Waals surface area contributed by atoms with Crippen LogP contribution in [0.15, 0.2) is 77.3 Å². The molecule has 0 saturated carbocycles. The van der Waals surface area contributed by atoms with E-state index in [0.29, 0.717) is 34.7 Å². The zero-order valence-electron chi connectivity index (χ0n) is 14.9. The lowest BCUT2D eigenvalue weighted by molar-refractivity contribution is 0.0599. The lowest BCUT2D eigenvalue weighted by Crippen LogP contribution is -2.06. The Morgan fingerprint density at radius 1 is 0.815 bits per heavy atom. The molecule has 4 nitrogen and oxygen atoms in total. The van der Waals surface area contributed by atoms with Crippen molar-refractivity contribution >= 4 is 21.9 Å². The van der Waals surface area contributed by atoms with E-state index in [2.05, 4.69) is 15.9 Å². The first-order valence-corrected chi connectivity index (χ1v) is 9.22. The number of halogens is 1. The standard InChI is InChI=1S/C22H19BrO4/c1-25-22(24)18-12-20(26-14-16-8-4-2-5-9-16)21(13-19(18)23)27-15-17-10-6-3-7-11-17/h2-13H,14-15H2,1H3. The summed E-state index contributed by atoms with van der Waals surface area (Å²) in [6.07, 6.45) is 0. The molecule has 0 unspecified atom stereocenters. The van der Waals surface area contributed by atoms with Gasteiger partial charge in [0.1, 0.15) is 13.2 Å². The average Bonchev–Trinajstić information content (AvgIpc) is 2.72. The van der Waals surface area contributed by atoms with E-state index < -0.39 is 5.97 Å². The third-order valence-corrected chi connectivity index (χ3v) is 4.57. The maximum atomic E-state index is 12.0. The smallest absolute Gasteiger partial charge is 0.339 e. The highest BCUT2D eigenvalue weighted by atomic mass is 79.9. The van der Waals surface area contributed by atoms with E-state index in [4.69, 9.17) is 14.2 Å². The maximum absolute atomic E-state index is 12.0. The first kappa shape index (κ1) is 19.0. The monoisotopic (exact) mass is 426 g/mol. The van der Waals surface area contributed by atoms with Crippen LogP contribution in [-0.4, -0.2) is 13.1 Å². The number of benzene rings is 3. The van der Waals surface area contributed by atoms with Crippen LogP contribution < -0.4 is 9.47 Å². The van der Waals surface area contributed by atoms with E-state index in [0.717, 1.165) is 11.1 Å². The van der Waals surface area contributed by atoms with E-state index in [-0.39, 0.29) is 0 Å². The predicted molar refractivity (Wildman–Crippen MR) is 107 cm³/mol. The van der Waals surface area contributed by atoms with Crippen molar-refractivity contribution in [3.05, 3.63) is 94.0 Å². The highest BCUT2D eigenvalue weighted by Crippen LogP contribution is 2.35. The van der Waals surface area contributed by atoms with Gasteiger partial charge in [-0.2, -0.15) is 0 Å². The molecule has 0 heterocycles. The number of methoxy groups -OCH3 is 1. The second-order valence-corrected chi connectivity index (χ2v) is 6.67. The minimum atomic E-state index is -0.443. The van der Waals surface area contributed by atoms with Gasteiger partial charge in [-0.1, -0.05) is 60.7 Å². The summed E-state index contributed by atoms with van der Waals surface area (Å²) in [4.78, 5) is 12.0. The van der Waals surface area contributed by atoms with Crippen LogP contribution in [-0.2, 0) is 18.0 Å². The molecule has 0 fully saturated rings. The number of carbonyl (C=O) groups is 1. The van der Waals surface area contributed by atoms with E-state index >= 15 is 0 Å². The summed E-state index contributed by atoms with van der Waals surface area (Å²) < 4.78 is 17.3. The number of esters is 1. The molecule has 0 atom stereocenters.